The van der Waals surface area contributed by atoms with Gasteiger partial charge in [0.25, 0.3) is 0 Å². The van der Waals surface area contributed by atoms with Crippen LogP contribution in [0.2, 0.25) is 0 Å². The van der Waals surface area contributed by atoms with Crippen LogP contribution in [0.15, 0.2) is 29.4 Å². The molecule has 0 saturated heterocycles. The van der Waals surface area contributed by atoms with Gasteiger partial charge in [0.05, 0.1) is 5.69 Å². The van der Waals surface area contributed by atoms with Gasteiger partial charge in [-0.3, -0.25) is 4.98 Å². The minimum atomic E-state index is -1.15. The maximum absolute atomic E-state index is 10.3. The lowest BCUT2D eigenvalue weighted by Gasteiger charge is -1.91. The number of carboxylic acids is 1. The maximum Gasteiger partial charge on any atom is 0.347 e. The molecule has 12 heavy (non-hydrogen) atoms. The van der Waals surface area contributed by atoms with E-state index in [1.54, 1.807) is 24.4 Å². The molecule has 0 atom stereocenters. The Bertz CT molecular complexity index is 308. The first-order valence-corrected chi connectivity index (χ1v) is 3.59. The molecule has 0 unspecified atom stereocenters. The summed E-state index contributed by atoms with van der Waals surface area (Å²) in [6.07, 6.45) is 2.86. The lowest BCUT2D eigenvalue weighted by atomic mass is 10.3. The second-order valence-corrected chi connectivity index (χ2v) is 2.46. The van der Waals surface area contributed by atoms with Crippen molar-refractivity contribution in [2.75, 3.05) is 0 Å². The van der Waals surface area contributed by atoms with E-state index in [2.05, 4.69) is 4.98 Å². The lowest BCUT2D eigenvalue weighted by molar-refractivity contribution is -0.131. The van der Waals surface area contributed by atoms with Crippen molar-refractivity contribution in [2.24, 2.45) is 0 Å². The predicted octanol–water partition coefficient (Wildman–Crippen LogP) is 1.75. The number of pyridine rings is 1. The molecule has 1 aromatic rings. The SMILES string of the molecule is O=C(O)C(Cl)=Cc1ccccn1. The van der Waals surface area contributed by atoms with Gasteiger partial charge < -0.3 is 5.11 Å². The van der Waals surface area contributed by atoms with Crippen LogP contribution < -0.4 is 0 Å². The summed E-state index contributed by atoms with van der Waals surface area (Å²) in [5.74, 6) is -1.15. The minimum absolute atomic E-state index is 0.242. The van der Waals surface area contributed by atoms with Crippen molar-refractivity contribution >= 4 is 23.6 Å². The monoisotopic (exact) mass is 183 g/mol. The second-order valence-electron chi connectivity index (χ2n) is 2.05. The van der Waals surface area contributed by atoms with E-state index in [1.165, 1.54) is 6.08 Å². The number of carboxylic acid groups (broad SMARTS) is 1. The van der Waals surface area contributed by atoms with Crippen LogP contribution in [0, 0.1) is 0 Å². The van der Waals surface area contributed by atoms with Crippen molar-refractivity contribution < 1.29 is 9.90 Å². The number of halogens is 1. The van der Waals surface area contributed by atoms with Crippen molar-refractivity contribution in [2.45, 2.75) is 0 Å². The third-order valence-electron chi connectivity index (χ3n) is 1.17. The third-order valence-corrected chi connectivity index (χ3v) is 1.44. The minimum Gasteiger partial charge on any atom is -0.477 e. The largest absolute Gasteiger partial charge is 0.477 e. The molecule has 4 heteroatoms. The Morgan fingerprint density at radius 2 is 2.33 bits per heavy atom. The van der Waals surface area contributed by atoms with E-state index < -0.39 is 5.97 Å². The molecule has 1 N–H and O–H groups in total. The first-order chi connectivity index (χ1) is 5.70. The van der Waals surface area contributed by atoms with E-state index in [1.807, 2.05) is 0 Å². The fourth-order valence-corrected chi connectivity index (χ4v) is 0.765. The number of rotatable bonds is 2. The molecule has 0 aliphatic carbocycles. The average molecular weight is 184 g/mol. The summed E-state index contributed by atoms with van der Waals surface area (Å²) in [5, 5.41) is 8.17. The van der Waals surface area contributed by atoms with E-state index in [0.29, 0.717) is 5.69 Å². The summed E-state index contributed by atoms with van der Waals surface area (Å²) in [6.45, 7) is 0. The Morgan fingerprint density at radius 1 is 1.58 bits per heavy atom. The highest BCUT2D eigenvalue weighted by Gasteiger charge is 2.01. The van der Waals surface area contributed by atoms with E-state index >= 15 is 0 Å². The summed E-state index contributed by atoms with van der Waals surface area (Å²) in [7, 11) is 0. The summed E-state index contributed by atoms with van der Waals surface area (Å²) < 4.78 is 0. The zero-order chi connectivity index (χ0) is 8.97. The van der Waals surface area contributed by atoms with Crippen LogP contribution in [0.5, 0.6) is 0 Å². The van der Waals surface area contributed by atoms with Crippen molar-refractivity contribution in [3.05, 3.63) is 35.1 Å². The Morgan fingerprint density at radius 3 is 2.83 bits per heavy atom. The second kappa shape index (κ2) is 3.88. The maximum atomic E-state index is 10.3. The van der Waals surface area contributed by atoms with E-state index in [9.17, 15) is 4.79 Å². The van der Waals surface area contributed by atoms with Crippen LogP contribution in [0.25, 0.3) is 6.08 Å². The summed E-state index contributed by atoms with van der Waals surface area (Å²) >= 11 is 5.37. The average Bonchev–Trinajstić information content (AvgIpc) is 2.06. The van der Waals surface area contributed by atoms with Crippen LogP contribution >= 0.6 is 11.6 Å². The van der Waals surface area contributed by atoms with Gasteiger partial charge in [-0.05, 0) is 18.2 Å². The highest BCUT2D eigenvalue weighted by molar-refractivity contribution is 6.42. The van der Waals surface area contributed by atoms with Crippen molar-refractivity contribution in [3.63, 3.8) is 0 Å². The topological polar surface area (TPSA) is 50.2 Å². The van der Waals surface area contributed by atoms with Gasteiger partial charge in [0.15, 0.2) is 0 Å². The molecule has 0 bridgehead atoms. The fraction of sp³-hybridized carbons (Fsp3) is 0. The molecule has 0 saturated carbocycles. The zero-order valence-corrected chi connectivity index (χ0v) is 6.82. The van der Waals surface area contributed by atoms with Gasteiger partial charge in [-0.15, -0.1) is 0 Å². The quantitative estimate of drug-likeness (QED) is 0.711. The summed E-state index contributed by atoms with van der Waals surface area (Å²) in [4.78, 5) is 14.2. The molecule has 0 radical (unpaired) electrons. The van der Waals surface area contributed by atoms with Gasteiger partial charge in [-0.25, -0.2) is 4.79 Å². The number of carbonyl (C=O) groups is 1. The van der Waals surface area contributed by atoms with Crippen LogP contribution in [0.3, 0.4) is 0 Å². The van der Waals surface area contributed by atoms with Crippen LogP contribution in [-0.2, 0) is 4.79 Å². The molecule has 0 aromatic carbocycles. The van der Waals surface area contributed by atoms with Gasteiger partial charge in [0.2, 0.25) is 0 Å². The number of nitrogens with zero attached hydrogens (tertiary/aromatic N) is 1. The predicted molar refractivity (Wildman–Crippen MR) is 45.7 cm³/mol. The summed E-state index contributed by atoms with van der Waals surface area (Å²) in [5.41, 5.74) is 0.532. The molecule has 0 aliphatic heterocycles. The Hall–Kier alpha value is -1.35. The Balaban J connectivity index is 2.89. The Labute approximate surface area is 74.3 Å². The van der Waals surface area contributed by atoms with Gasteiger partial charge in [-0.1, -0.05) is 17.7 Å². The van der Waals surface area contributed by atoms with Crippen LogP contribution in [-0.4, -0.2) is 16.1 Å². The zero-order valence-electron chi connectivity index (χ0n) is 6.07. The molecule has 0 spiro atoms. The number of aliphatic carboxylic acids is 1. The first kappa shape index (κ1) is 8.74. The number of hydrogen-bond acceptors (Lipinski definition) is 2. The lowest BCUT2D eigenvalue weighted by Crippen LogP contribution is -1.93. The fourth-order valence-electron chi connectivity index (χ4n) is 0.653. The molecule has 0 amide bonds. The van der Waals surface area contributed by atoms with Gasteiger partial charge in [0, 0.05) is 6.20 Å². The van der Waals surface area contributed by atoms with Crippen molar-refractivity contribution in [3.8, 4) is 0 Å². The van der Waals surface area contributed by atoms with Gasteiger partial charge >= 0.3 is 5.97 Å². The molecular weight excluding hydrogens is 178 g/mol. The molecule has 62 valence electrons. The summed E-state index contributed by atoms with van der Waals surface area (Å²) in [6, 6.07) is 5.17. The standard InChI is InChI=1S/C8H6ClNO2/c9-7(8(11)12)5-6-3-1-2-4-10-6/h1-5H,(H,11,12). The molecule has 1 rings (SSSR count). The third kappa shape index (κ3) is 2.36. The smallest absolute Gasteiger partial charge is 0.347 e. The Kier molecular flexibility index (Phi) is 2.82. The van der Waals surface area contributed by atoms with E-state index in [4.69, 9.17) is 16.7 Å². The molecule has 1 aromatic heterocycles. The van der Waals surface area contributed by atoms with Crippen molar-refractivity contribution in [1.82, 2.24) is 4.98 Å². The molecule has 0 aliphatic rings. The molecular formula is C8H6ClNO2. The molecule has 0 fully saturated rings. The molecule has 3 nitrogen and oxygen atoms in total. The number of aromatic nitrogens is 1. The highest BCUT2D eigenvalue weighted by Crippen LogP contribution is 2.07. The molecule has 1 heterocycles. The van der Waals surface area contributed by atoms with Crippen LogP contribution in [0.1, 0.15) is 5.69 Å². The number of hydrogen-bond donors (Lipinski definition) is 1. The van der Waals surface area contributed by atoms with Gasteiger partial charge in [0.1, 0.15) is 5.03 Å². The first-order valence-electron chi connectivity index (χ1n) is 3.21. The van der Waals surface area contributed by atoms with Crippen molar-refractivity contribution in [1.29, 1.82) is 0 Å². The van der Waals surface area contributed by atoms with Crippen LogP contribution in [0.4, 0.5) is 0 Å². The van der Waals surface area contributed by atoms with Gasteiger partial charge in [-0.2, -0.15) is 0 Å². The highest BCUT2D eigenvalue weighted by atomic mass is 35.5. The normalized spacial score (nSPS) is 11.2. The van der Waals surface area contributed by atoms with E-state index in [-0.39, 0.29) is 5.03 Å². The van der Waals surface area contributed by atoms with E-state index in [0.717, 1.165) is 0 Å².